The Morgan fingerprint density at radius 3 is 2.22 bits per heavy atom. The van der Waals surface area contributed by atoms with E-state index in [0.29, 0.717) is 11.1 Å². The Labute approximate surface area is 213 Å². The molecule has 0 fully saturated rings. The number of furan rings is 1. The maximum absolute atomic E-state index is 16.5. The summed E-state index contributed by atoms with van der Waals surface area (Å²) < 4.78 is 26.1. The molecule has 0 amide bonds. The number of aromatic nitrogens is 1. The Balaban J connectivity index is 1.77. The van der Waals surface area contributed by atoms with Crippen LogP contribution in [0.1, 0.15) is 5.56 Å². The second-order valence-corrected chi connectivity index (χ2v) is 21.3. The van der Waals surface area contributed by atoms with E-state index in [1.165, 1.54) is 0 Å². The summed E-state index contributed by atoms with van der Waals surface area (Å²) in [5.74, 6) is 6.61. The van der Waals surface area contributed by atoms with Gasteiger partial charge in [-0.3, -0.25) is 0 Å². The van der Waals surface area contributed by atoms with Crippen molar-refractivity contribution in [1.82, 2.24) is 0 Å². The van der Waals surface area contributed by atoms with Gasteiger partial charge in [-0.2, -0.15) is 0 Å². The summed E-state index contributed by atoms with van der Waals surface area (Å²) >= 11 is -2.56. The molecule has 0 aliphatic heterocycles. The van der Waals surface area contributed by atoms with Crippen molar-refractivity contribution < 1.29 is 13.4 Å². The van der Waals surface area contributed by atoms with Gasteiger partial charge < -0.3 is 0 Å². The summed E-state index contributed by atoms with van der Waals surface area (Å²) in [6.07, 6.45) is 2.04. The fourth-order valence-corrected chi connectivity index (χ4v) is 8.15. The second kappa shape index (κ2) is 8.31. The Bertz CT molecular complexity index is 1810. The Kier molecular flexibility index (Phi) is 5.31. The molecule has 0 saturated heterocycles. The van der Waals surface area contributed by atoms with Gasteiger partial charge in [0.25, 0.3) is 0 Å². The van der Waals surface area contributed by atoms with E-state index in [1.54, 1.807) is 0 Å². The first-order valence-electron chi connectivity index (χ1n) is 12.4. The fourth-order valence-electron chi connectivity index (χ4n) is 5.30. The molecule has 0 radical (unpaired) electrons. The molecule has 0 saturated carbocycles. The Morgan fingerprint density at radius 2 is 1.47 bits per heavy atom. The van der Waals surface area contributed by atoms with Gasteiger partial charge in [-0.25, -0.2) is 0 Å². The van der Waals surface area contributed by atoms with E-state index >= 15 is 4.39 Å². The van der Waals surface area contributed by atoms with Crippen LogP contribution in [0.4, 0.5) is 4.39 Å². The van der Waals surface area contributed by atoms with Crippen molar-refractivity contribution in [3.8, 4) is 22.4 Å². The van der Waals surface area contributed by atoms with E-state index < -0.39 is 13.3 Å². The van der Waals surface area contributed by atoms with Crippen LogP contribution in [-0.4, -0.2) is 13.3 Å². The maximum atomic E-state index is 16.5. The van der Waals surface area contributed by atoms with Crippen molar-refractivity contribution in [2.75, 3.05) is 0 Å². The minimum absolute atomic E-state index is 0.132. The van der Waals surface area contributed by atoms with E-state index in [4.69, 9.17) is 4.42 Å². The van der Waals surface area contributed by atoms with E-state index in [1.807, 2.05) is 43.6 Å². The van der Waals surface area contributed by atoms with Crippen molar-refractivity contribution >= 4 is 50.4 Å². The third-order valence-electron chi connectivity index (χ3n) is 7.23. The molecule has 0 atom stereocenters. The number of hydrogen-bond acceptors (Lipinski definition) is 1. The molecule has 0 unspecified atom stereocenters. The van der Waals surface area contributed by atoms with E-state index in [0.717, 1.165) is 53.9 Å². The number of benzene rings is 4. The fraction of sp³-hybridized carbons (Fsp3) is 0.156. The number of nitrogens with zero attached hydrogens (tertiary/aromatic N) is 1. The topological polar surface area (TPSA) is 17.0 Å². The zero-order valence-corrected chi connectivity index (χ0v) is 23.4. The summed E-state index contributed by atoms with van der Waals surface area (Å²) in [5, 5.41) is 4.25. The number of rotatable bonds is 3. The molecule has 6 rings (SSSR count). The molecule has 4 aromatic carbocycles. The predicted molar refractivity (Wildman–Crippen MR) is 151 cm³/mol. The van der Waals surface area contributed by atoms with Crippen molar-refractivity contribution in [3.05, 3.63) is 96.4 Å². The van der Waals surface area contributed by atoms with Crippen molar-refractivity contribution in [2.24, 2.45) is 7.05 Å². The predicted octanol–water partition coefficient (Wildman–Crippen LogP) is 7.89. The van der Waals surface area contributed by atoms with Crippen molar-refractivity contribution in [1.29, 1.82) is 0 Å². The van der Waals surface area contributed by atoms with Crippen LogP contribution in [0.25, 0.3) is 55.1 Å². The van der Waals surface area contributed by atoms with Crippen LogP contribution in [0.5, 0.6) is 0 Å². The summed E-state index contributed by atoms with van der Waals surface area (Å²) in [7, 11) is 2.04. The van der Waals surface area contributed by atoms with Crippen LogP contribution in [-0.2, 0) is 7.05 Å². The molecule has 178 valence electrons. The van der Waals surface area contributed by atoms with Crippen LogP contribution < -0.4 is 8.96 Å². The van der Waals surface area contributed by atoms with Crippen molar-refractivity contribution in [3.63, 3.8) is 0 Å². The van der Waals surface area contributed by atoms with Crippen LogP contribution in [0, 0.1) is 12.7 Å². The average Bonchev–Trinajstić information content (AvgIpc) is 3.21. The van der Waals surface area contributed by atoms with E-state index in [9.17, 15) is 0 Å². The van der Waals surface area contributed by atoms with Crippen molar-refractivity contribution in [2.45, 2.75) is 24.2 Å². The molecule has 0 aliphatic rings. The standard InChI is InChI=1S/C32H29FGeNO/c1-20-13-16-24-25-19-26(34(2,3)4)30(33)29(23-15-14-21-10-6-7-11-22(21)18-23)32(25)36-31(24)28(20)27-12-8-9-17-35(27)5/h6-19H,1-5H3/q+1. The quantitative estimate of drug-likeness (QED) is 0.167. The third kappa shape index (κ3) is 3.56. The molecular weight excluding hydrogens is 506 g/mol. The van der Waals surface area contributed by atoms with Crippen LogP contribution in [0.15, 0.2) is 89.5 Å². The zero-order valence-electron chi connectivity index (χ0n) is 21.3. The summed E-state index contributed by atoms with van der Waals surface area (Å²) in [6, 6.07) is 26.9. The molecule has 2 heterocycles. The van der Waals surface area contributed by atoms with Gasteiger partial charge in [0.2, 0.25) is 0 Å². The van der Waals surface area contributed by atoms with E-state index in [-0.39, 0.29) is 5.82 Å². The van der Waals surface area contributed by atoms with Gasteiger partial charge in [0.1, 0.15) is 0 Å². The molecule has 0 spiro atoms. The summed E-state index contributed by atoms with van der Waals surface area (Å²) in [5.41, 5.74) is 6.12. The molecule has 0 aliphatic carbocycles. The first-order chi connectivity index (χ1) is 17.2. The van der Waals surface area contributed by atoms with Gasteiger partial charge in [-0.1, -0.05) is 0 Å². The second-order valence-electron chi connectivity index (χ2n) is 10.7. The number of hydrogen-bond donors (Lipinski definition) is 0. The summed E-state index contributed by atoms with van der Waals surface area (Å²) in [6.45, 7) is 2.11. The first kappa shape index (κ1) is 23.0. The Hall–Kier alpha value is -3.44. The average molecular weight is 535 g/mol. The van der Waals surface area contributed by atoms with Gasteiger partial charge in [-0.15, -0.1) is 0 Å². The van der Waals surface area contributed by atoms with Gasteiger partial charge in [-0.05, 0) is 0 Å². The zero-order chi connectivity index (χ0) is 25.2. The van der Waals surface area contributed by atoms with Crippen LogP contribution in [0.2, 0.25) is 17.3 Å². The molecular formula is C32H29FGeNO+. The molecule has 0 bridgehead atoms. The number of fused-ring (bicyclic) bond motifs is 4. The SMILES string of the molecule is Cc1ccc2c(oc3c(-c4ccc5ccccc5c4)c(F)[c]([Ge]([CH3])([CH3])[CH3])cc32)c1-c1cccc[n+]1C. The van der Waals surface area contributed by atoms with Crippen LogP contribution in [0.3, 0.4) is 0 Å². The monoisotopic (exact) mass is 536 g/mol. The molecule has 2 nitrogen and oxygen atoms in total. The first-order valence-corrected chi connectivity index (χ1v) is 19.7. The molecule has 6 aromatic rings. The van der Waals surface area contributed by atoms with Gasteiger partial charge in [0.05, 0.1) is 0 Å². The van der Waals surface area contributed by atoms with E-state index in [2.05, 4.69) is 77.3 Å². The molecule has 36 heavy (non-hydrogen) atoms. The molecule has 0 N–H and O–H groups in total. The molecule has 4 heteroatoms. The number of aryl methyl sites for hydroxylation is 2. The Morgan fingerprint density at radius 1 is 0.750 bits per heavy atom. The van der Waals surface area contributed by atoms with Gasteiger partial charge in [0, 0.05) is 0 Å². The van der Waals surface area contributed by atoms with Crippen LogP contribution >= 0.6 is 0 Å². The minimum atomic E-state index is -2.56. The molecule has 2 aromatic heterocycles. The number of halogens is 1. The third-order valence-corrected chi connectivity index (χ3v) is 11.4. The number of pyridine rings is 1. The summed E-state index contributed by atoms with van der Waals surface area (Å²) in [4.78, 5) is 0. The normalized spacial score (nSPS) is 12.2. The van der Waals surface area contributed by atoms with Gasteiger partial charge >= 0.3 is 214 Å². The van der Waals surface area contributed by atoms with Gasteiger partial charge in [0.15, 0.2) is 0 Å².